The van der Waals surface area contributed by atoms with Crippen LogP contribution in [0.1, 0.15) is 28.4 Å². The van der Waals surface area contributed by atoms with E-state index in [1.54, 1.807) is 0 Å². The molecule has 0 bridgehead atoms. The van der Waals surface area contributed by atoms with Gasteiger partial charge in [0.25, 0.3) is 5.78 Å². The summed E-state index contributed by atoms with van der Waals surface area (Å²) in [6, 6.07) is 4.32. The summed E-state index contributed by atoms with van der Waals surface area (Å²) < 4.78 is 36.5. The number of hydrogen-bond acceptors (Lipinski definition) is 4. The van der Waals surface area contributed by atoms with Gasteiger partial charge in [-0.3, -0.25) is 4.79 Å². The van der Waals surface area contributed by atoms with Crippen molar-refractivity contribution in [1.29, 1.82) is 0 Å². The van der Waals surface area contributed by atoms with Gasteiger partial charge in [-0.2, -0.15) is 25.8 Å². The number of hydrogen-bond donors (Lipinski definition) is 3. The molecule has 0 spiro atoms. The third kappa shape index (κ3) is 4.22. The lowest BCUT2D eigenvalue weighted by Gasteiger charge is -2.17. The van der Waals surface area contributed by atoms with Crippen LogP contribution in [0.3, 0.4) is 0 Å². The zero-order valence-electron chi connectivity index (χ0n) is 9.76. The number of Topliss-reactive ketones (excluding diaryl/α,β-unsaturated/α-hetero) is 1. The smallest absolute Gasteiger partial charge is 0.390 e. The maximum atomic E-state index is 12.2. The van der Waals surface area contributed by atoms with Crippen LogP contribution in [-0.4, -0.2) is 34.0 Å². The summed E-state index contributed by atoms with van der Waals surface area (Å²) in [6.45, 7) is 0. The normalized spacial score (nSPS) is 15.1. The van der Waals surface area contributed by atoms with Gasteiger partial charge in [-0.25, -0.2) is 0 Å². The maximum Gasteiger partial charge on any atom is 0.454 e. The maximum absolute atomic E-state index is 12.2. The van der Waals surface area contributed by atoms with Gasteiger partial charge >= 0.3 is 6.18 Å². The fourth-order valence-corrected chi connectivity index (χ4v) is 1.77. The Morgan fingerprint density at radius 3 is 2.16 bits per heavy atom. The number of benzene rings is 1. The molecule has 1 aromatic rings. The molecule has 0 saturated heterocycles. The topological polar surface area (TPSA) is 57.5 Å². The Morgan fingerprint density at radius 1 is 1.21 bits per heavy atom. The number of aliphatic hydroxyl groups excluding tert-OH is 2. The van der Waals surface area contributed by atoms with Gasteiger partial charge < -0.3 is 10.2 Å². The number of thiol groups is 1. The second-order valence-corrected chi connectivity index (χ2v) is 4.42. The summed E-state index contributed by atoms with van der Waals surface area (Å²) in [7, 11) is 0. The highest BCUT2D eigenvalue weighted by Crippen LogP contribution is 2.24. The van der Waals surface area contributed by atoms with Crippen LogP contribution in [0.2, 0.25) is 0 Å². The van der Waals surface area contributed by atoms with Crippen molar-refractivity contribution in [3.63, 3.8) is 0 Å². The van der Waals surface area contributed by atoms with Crippen molar-refractivity contribution in [1.82, 2.24) is 0 Å². The van der Waals surface area contributed by atoms with Crippen LogP contribution in [0.25, 0.3) is 0 Å². The molecule has 0 fully saturated rings. The summed E-state index contributed by atoms with van der Waals surface area (Å²) in [5.41, 5.74) is -0.264. The van der Waals surface area contributed by atoms with Gasteiger partial charge in [-0.1, -0.05) is 24.3 Å². The number of rotatable bonds is 5. The van der Waals surface area contributed by atoms with Gasteiger partial charge in [0.05, 0.1) is 6.10 Å². The molecule has 0 amide bonds. The molecule has 2 unspecified atom stereocenters. The Morgan fingerprint density at radius 2 is 1.74 bits per heavy atom. The number of halogens is 3. The largest absolute Gasteiger partial charge is 0.454 e. The number of aliphatic hydroxyl groups is 2. The quantitative estimate of drug-likeness (QED) is 0.576. The molecule has 106 valence electrons. The van der Waals surface area contributed by atoms with E-state index in [-0.39, 0.29) is 12.0 Å². The summed E-state index contributed by atoms with van der Waals surface area (Å²) in [4.78, 5) is 10.9. The molecule has 19 heavy (non-hydrogen) atoms. The summed E-state index contributed by atoms with van der Waals surface area (Å²) in [5, 5.41) is 19.3. The summed E-state index contributed by atoms with van der Waals surface area (Å²) >= 11 is 3.90. The van der Waals surface area contributed by atoms with E-state index < -0.39 is 29.7 Å². The molecule has 0 aliphatic carbocycles. The Kier molecular flexibility index (Phi) is 5.39. The zero-order valence-corrected chi connectivity index (χ0v) is 10.7. The van der Waals surface area contributed by atoms with Gasteiger partial charge in [-0.15, -0.1) is 0 Å². The summed E-state index contributed by atoms with van der Waals surface area (Å²) in [5.74, 6) is -1.58. The minimum absolute atomic E-state index is 0.244. The molecule has 0 aliphatic rings. The molecule has 0 aromatic heterocycles. The first-order chi connectivity index (χ1) is 8.77. The average Bonchev–Trinajstić information content (AvgIpc) is 2.36. The van der Waals surface area contributed by atoms with E-state index in [2.05, 4.69) is 12.6 Å². The van der Waals surface area contributed by atoms with E-state index >= 15 is 0 Å². The number of alkyl halides is 3. The van der Waals surface area contributed by atoms with E-state index in [0.29, 0.717) is 5.75 Å². The lowest BCUT2D eigenvalue weighted by Crippen LogP contribution is -2.23. The van der Waals surface area contributed by atoms with Crippen molar-refractivity contribution in [3.05, 3.63) is 35.4 Å². The fourth-order valence-electron chi connectivity index (χ4n) is 1.51. The molecular formula is C12H13F3O3S. The van der Waals surface area contributed by atoms with Crippen LogP contribution in [-0.2, 0) is 0 Å². The fraction of sp³-hybridized carbons (Fsp3) is 0.417. The van der Waals surface area contributed by atoms with Gasteiger partial charge in [0, 0.05) is 5.56 Å². The van der Waals surface area contributed by atoms with E-state index in [1.807, 2.05) is 0 Å². The van der Waals surface area contributed by atoms with Gasteiger partial charge in [0.15, 0.2) is 0 Å². The molecule has 0 aliphatic heterocycles. The van der Waals surface area contributed by atoms with Crippen molar-refractivity contribution in [2.75, 3.05) is 5.75 Å². The number of carbonyl (C=O) groups excluding carboxylic acids is 1. The van der Waals surface area contributed by atoms with Crippen molar-refractivity contribution in [2.24, 2.45) is 0 Å². The predicted octanol–water partition coefficient (Wildman–Crippen LogP) is 2.15. The van der Waals surface area contributed by atoms with Crippen LogP contribution in [0, 0.1) is 0 Å². The molecule has 7 heteroatoms. The van der Waals surface area contributed by atoms with Crippen LogP contribution in [0.4, 0.5) is 13.2 Å². The van der Waals surface area contributed by atoms with Crippen molar-refractivity contribution < 1.29 is 28.2 Å². The molecule has 0 radical (unpaired) electrons. The van der Waals surface area contributed by atoms with Crippen molar-refractivity contribution in [3.8, 4) is 0 Å². The molecule has 1 rings (SSSR count). The minimum atomic E-state index is -4.92. The molecule has 1 aromatic carbocycles. The molecule has 0 heterocycles. The van der Waals surface area contributed by atoms with Crippen LogP contribution in [0.5, 0.6) is 0 Å². The number of carbonyl (C=O) groups is 1. The summed E-state index contributed by atoms with van der Waals surface area (Å²) in [6.07, 6.45) is -6.96. The van der Waals surface area contributed by atoms with E-state index in [9.17, 15) is 28.2 Å². The highest BCUT2D eigenvalue weighted by atomic mass is 32.1. The molecule has 2 atom stereocenters. The van der Waals surface area contributed by atoms with E-state index in [0.717, 1.165) is 12.1 Å². The SMILES string of the molecule is O=C(c1ccc(C(O)C(O)CCS)cc1)C(F)(F)F. The standard InChI is InChI=1S/C12H13F3O3S/c13-12(14,15)11(18)8-3-1-7(2-4-8)10(17)9(16)5-6-19/h1-4,9-10,16-17,19H,5-6H2. The second-order valence-electron chi connectivity index (χ2n) is 3.97. The second kappa shape index (κ2) is 6.40. The monoisotopic (exact) mass is 294 g/mol. The first kappa shape index (κ1) is 16.0. The van der Waals surface area contributed by atoms with E-state index in [4.69, 9.17) is 0 Å². The van der Waals surface area contributed by atoms with Crippen molar-refractivity contribution in [2.45, 2.75) is 24.8 Å². The first-order valence-electron chi connectivity index (χ1n) is 5.46. The Hall–Kier alpha value is -1.05. The molecular weight excluding hydrogens is 281 g/mol. The molecule has 2 N–H and O–H groups in total. The van der Waals surface area contributed by atoms with Gasteiger partial charge in [0.1, 0.15) is 6.10 Å². The van der Waals surface area contributed by atoms with Gasteiger partial charge in [-0.05, 0) is 17.7 Å². The van der Waals surface area contributed by atoms with Crippen LogP contribution >= 0.6 is 12.6 Å². The third-order valence-electron chi connectivity index (χ3n) is 2.56. The lowest BCUT2D eigenvalue weighted by atomic mass is 10.00. The Balaban J connectivity index is 2.85. The van der Waals surface area contributed by atoms with Gasteiger partial charge in [0.2, 0.25) is 0 Å². The van der Waals surface area contributed by atoms with Crippen LogP contribution < -0.4 is 0 Å². The minimum Gasteiger partial charge on any atom is -0.390 e. The lowest BCUT2D eigenvalue weighted by molar-refractivity contribution is -0.0885. The van der Waals surface area contributed by atoms with E-state index in [1.165, 1.54) is 12.1 Å². The highest BCUT2D eigenvalue weighted by Gasteiger charge is 2.39. The highest BCUT2D eigenvalue weighted by molar-refractivity contribution is 7.80. The predicted molar refractivity (Wildman–Crippen MR) is 66.3 cm³/mol. The first-order valence-corrected chi connectivity index (χ1v) is 6.09. The van der Waals surface area contributed by atoms with Crippen molar-refractivity contribution >= 4 is 18.4 Å². The van der Waals surface area contributed by atoms with Crippen LogP contribution in [0.15, 0.2) is 24.3 Å². The third-order valence-corrected chi connectivity index (χ3v) is 2.82. The Labute approximate surface area is 113 Å². The average molecular weight is 294 g/mol. The Bertz CT molecular complexity index is 431. The number of ketones is 1. The molecule has 3 nitrogen and oxygen atoms in total. The molecule has 0 saturated carbocycles. The zero-order chi connectivity index (χ0) is 14.6.